The van der Waals surface area contributed by atoms with Gasteiger partial charge in [0, 0.05) is 11.6 Å². The molecule has 1 aromatic heterocycles. The molecular weight excluding hydrogens is 339 g/mol. The first kappa shape index (κ1) is 15.4. The number of benzene rings is 2. The Balaban J connectivity index is 2.28. The molecule has 0 saturated heterocycles. The molecular formula is C16H10Cl2N2O3. The number of anilines is 2. The number of para-hydroxylation sites is 2. The number of aromatic nitrogens is 1. The first-order valence-corrected chi connectivity index (χ1v) is 7.29. The highest BCUT2D eigenvalue weighted by atomic mass is 35.5. The SMILES string of the molecule is O=C(O)c1cnc2c(Cl)c(Cl)ccc2c1Nc1ccccc1O. The lowest BCUT2D eigenvalue weighted by Gasteiger charge is -2.14. The summed E-state index contributed by atoms with van der Waals surface area (Å²) in [5.41, 5.74) is 0.984. The van der Waals surface area contributed by atoms with E-state index in [0.717, 1.165) is 0 Å². The molecule has 0 spiro atoms. The summed E-state index contributed by atoms with van der Waals surface area (Å²) in [6.07, 6.45) is 1.20. The largest absolute Gasteiger partial charge is 0.506 e. The normalized spacial score (nSPS) is 10.7. The fourth-order valence-corrected chi connectivity index (χ4v) is 2.58. The number of hydrogen-bond donors (Lipinski definition) is 3. The monoisotopic (exact) mass is 348 g/mol. The van der Waals surface area contributed by atoms with Crippen molar-refractivity contribution < 1.29 is 15.0 Å². The molecule has 0 aliphatic carbocycles. The predicted octanol–water partition coefficient (Wildman–Crippen LogP) is 4.69. The molecule has 1 heterocycles. The molecule has 3 rings (SSSR count). The van der Waals surface area contributed by atoms with E-state index >= 15 is 0 Å². The molecule has 0 fully saturated rings. The number of pyridine rings is 1. The first-order chi connectivity index (χ1) is 11.0. The number of carbonyl (C=O) groups is 1. The first-order valence-electron chi connectivity index (χ1n) is 6.54. The minimum Gasteiger partial charge on any atom is -0.506 e. The van der Waals surface area contributed by atoms with E-state index in [2.05, 4.69) is 10.3 Å². The molecule has 23 heavy (non-hydrogen) atoms. The summed E-state index contributed by atoms with van der Waals surface area (Å²) in [5, 5.41) is 23.3. The standard InChI is InChI=1S/C16H10Cl2N2O3/c17-10-6-5-8-14(20-11-3-1-2-4-12(11)21)9(16(22)23)7-19-15(8)13(10)18/h1-7,21H,(H,19,20)(H,22,23). The van der Waals surface area contributed by atoms with Crippen molar-refractivity contribution in [3.63, 3.8) is 0 Å². The average Bonchev–Trinajstić information content (AvgIpc) is 2.53. The molecule has 0 atom stereocenters. The number of nitrogens with zero attached hydrogens (tertiary/aromatic N) is 1. The minimum absolute atomic E-state index is 0.00568. The van der Waals surface area contributed by atoms with Gasteiger partial charge in [0.15, 0.2) is 0 Å². The second kappa shape index (κ2) is 5.95. The van der Waals surface area contributed by atoms with E-state index in [1.165, 1.54) is 12.3 Å². The van der Waals surface area contributed by atoms with Crippen molar-refractivity contribution in [2.45, 2.75) is 0 Å². The summed E-state index contributed by atoms with van der Waals surface area (Å²) in [5.74, 6) is -1.16. The Morgan fingerprint density at radius 2 is 1.87 bits per heavy atom. The molecule has 0 radical (unpaired) electrons. The molecule has 0 aliphatic heterocycles. The van der Waals surface area contributed by atoms with Crippen LogP contribution in [0, 0.1) is 0 Å². The van der Waals surface area contributed by atoms with Crippen molar-refractivity contribution in [3.05, 3.63) is 58.2 Å². The zero-order chi connectivity index (χ0) is 16.6. The summed E-state index contributed by atoms with van der Waals surface area (Å²) < 4.78 is 0. The Morgan fingerprint density at radius 3 is 2.57 bits per heavy atom. The second-order valence-electron chi connectivity index (χ2n) is 4.75. The van der Waals surface area contributed by atoms with Gasteiger partial charge in [0.1, 0.15) is 11.3 Å². The fourth-order valence-electron chi connectivity index (χ4n) is 2.22. The molecule has 5 nitrogen and oxygen atoms in total. The van der Waals surface area contributed by atoms with Crippen molar-refractivity contribution in [1.29, 1.82) is 0 Å². The number of carboxylic acid groups (broad SMARTS) is 1. The number of phenols is 1. The molecule has 0 bridgehead atoms. The zero-order valence-corrected chi connectivity index (χ0v) is 13.1. The lowest BCUT2D eigenvalue weighted by molar-refractivity contribution is 0.0697. The molecule has 0 aliphatic rings. The third-order valence-electron chi connectivity index (χ3n) is 3.32. The van der Waals surface area contributed by atoms with Gasteiger partial charge in [-0.05, 0) is 24.3 Å². The van der Waals surface area contributed by atoms with Crippen molar-refractivity contribution in [2.75, 3.05) is 5.32 Å². The smallest absolute Gasteiger partial charge is 0.339 e. The Bertz CT molecular complexity index is 929. The average molecular weight is 349 g/mol. The third kappa shape index (κ3) is 2.76. The van der Waals surface area contributed by atoms with Crippen LogP contribution in [0.25, 0.3) is 10.9 Å². The number of rotatable bonds is 3. The summed E-state index contributed by atoms with van der Waals surface area (Å²) in [4.78, 5) is 15.6. The van der Waals surface area contributed by atoms with Crippen LogP contribution in [0.2, 0.25) is 10.0 Å². The molecule has 0 amide bonds. The van der Waals surface area contributed by atoms with E-state index in [-0.39, 0.29) is 22.0 Å². The van der Waals surface area contributed by atoms with E-state index in [1.807, 2.05) is 0 Å². The lowest BCUT2D eigenvalue weighted by atomic mass is 10.1. The van der Waals surface area contributed by atoms with Crippen LogP contribution in [0.5, 0.6) is 5.75 Å². The van der Waals surface area contributed by atoms with Gasteiger partial charge >= 0.3 is 5.97 Å². The molecule has 0 saturated carbocycles. The highest BCUT2D eigenvalue weighted by Crippen LogP contribution is 2.37. The van der Waals surface area contributed by atoms with E-state index in [9.17, 15) is 15.0 Å². The zero-order valence-electron chi connectivity index (χ0n) is 11.5. The van der Waals surface area contributed by atoms with Crippen LogP contribution in [0.4, 0.5) is 11.4 Å². The number of nitrogens with one attached hydrogen (secondary N) is 1. The Kier molecular flexibility index (Phi) is 3.98. The van der Waals surface area contributed by atoms with E-state index in [1.54, 1.807) is 30.3 Å². The number of hydrogen-bond acceptors (Lipinski definition) is 4. The fraction of sp³-hybridized carbons (Fsp3) is 0. The van der Waals surface area contributed by atoms with Crippen molar-refractivity contribution in [3.8, 4) is 5.75 Å². The quantitative estimate of drug-likeness (QED) is 0.598. The van der Waals surface area contributed by atoms with Gasteiger partial charge in [-0.25, -0.2) is 4.79 Å². The van der Waals surface area contributed by atoms with Gasteiger partial charge in [0.05, 0.1) is 26.9 Å². The van der Waals surface area contributed by atoms with Gasteiger partial charge in [-0.2, -0.15) is 0 Å². The summed E-state index contributed by atoms with van der Waals surface area (Å²) in [6.45, 7) is 0. The van der Waals surface area contributed by atoms with Gasteiger partial charge in [0.2, 0.25) is 0 Å². The van der Waals surface area contributed by atoms with Gasteiger partial charge in [-0.1, -0.05) is 35.3 Å². The van der Waals surface area contributed by atoms with Crippen LogP contribution >= 0.6 is 23.2 Å². The number of phenolic OH excluding ortho intramolecular Hbond substituents is 1. The van der Waals surface area contributed by atoms with Gasteiger partial charge in [-0.3, -0.25) is 4.98 Å². The molecule has 7 heteroatoms. The van der Waals surface area contributed by atoms with Gasteiger partial charge in [0.25, 0.3) is 0 Å². The van der Waals surface area contributed by atoms with Crippen LogP contribution in [-0.4, -0.2) is 21.2 Å². The lowest BCUT2D eigenvalue weighted by Crippen LogP contribution is -2.05. The van der Waals surface area contributed by atoms with Crippen LogP contribution < -0.4 is 5.32 Å². The van der Waals surface area contributed by atoms with Gasteiger partial charge in [-0.15, -0.1) is 0 Å². The van der Waals surface area contributed by atoms with Crippen LogP contribution in [0.1, 0.15) is 10.4 Å². The maximum atomic E-state index is 11.5. The Hall–Kier alpha value is -2.50. The van der Waals surface area contributed by atoms with Crippen LogP contribution in [0.15, 0.2) is 42.6 Å². The third-order valence-corrected chi connectivity index (χ3v) is 4.12. The molecule has 3 N–H and O–H groups in total. The second-order valence-corrected chi connectivity index (χ2v) is 5.54. The molecule has 3 aromatic rings. The summed E-state index contributed by atoms with van der Waals surface area (Å²) in [6, 6.07) is 9.71. The maximum absolute atomic E-state index is 11.5. The topological polar surface area (TPSA) is 82.5 Å². The number of aromatic carboxylic acids is 1. The Labute approximate surface area is 141 Å². The van der Waals surface area contributed by atoms with Crippen molar-refractivity contribution >= 4 is 51.4 Å². The van der Waals surface area contributed by atoms with Crippen LogP contribution in [0.3, 0.4) is 0 Å². The predicted molar refractivity (Wildman–Crippen MR) is 90.1 cm³/mol. The number of carboxylic acids is 1. The maximum Gasteiger partial charge on any atom is 0.339 e. The molecule has 2 aromatic carbocycles. The highest BCUT2D eigenvalue weighted by molar-refractivity contribution is 6.45. The van der Waals surface area contributed by atoms with Gasteiger partial charge < -0.3 is 15.5 Å². The summed E-state index contributed by atoms with van der Waals surface area (Å²) >= 11 is 12.1. The van der Waals surface area contributed by atoms with Crippen molar-refractivity contribution in [1.82, 2.24) is 4.98 Å². The van der Waals surface area contributed by atoms with E-state index in [0.29, 0.717) is 21.6 Å². The number of aromatic hydroxyl groups is 1. The molecule has 116 valence electrons. The molecule has 0 unspecified atom stereocenters. The number of halogens is 2. The van der Waals surface area contributed by atoms with Crippen LogP contribution in [-0.2, 0) is 0 Å². The van der Waals surface area contributed by atoms with Crippen molar-refractivity contribution in [2.24, 2.45) is 0 Å². The summed E-state index contributed by atoms with van der Waals surface area (Å²) in [7, 11) is 0. The Morgan fingerprint density at radius 1 is 1.13 bits per heavy atom. The van der Waals surface area contributed by atoms with E-state index in [4.69, 9.17) is 23.2 Å². The number of fused-ring (bicyclic) bond motifs is 1. The van der Waals surface area contributed by atoms with E-state index < -0.39 is 5.97 Å². The minimum atomic E-state index is -1.15. The highest BCUT2D eigenvalue weighted by Gasteiger charge is 2.18.